The average Bonchev–Trinajstić information content (AvgIpc) is 3.24. The smallest absolute Gasteiger partial charge is 0 e. The van der Waals surface area contributed by atoms with E-state index in [9.17, 15) is 0 Å². The Kier molecular flexibility index (Phi) is 0.756. The Bertz CT molecular complexity index is 444. The van der Waals surface area contributed by atoms with Crippen molar-refractivity contribution in [3.8, 4) is 11.1 Å². The number of rotatable bonds is 3. The molecule has 0 bridgehead atoms. The fourth-order valence-electron chi connectivity index (χ4n) is 1.66. The lowest BCUT2D eigenvalue weighted by molar-refractivity contribution is 0.969. The van der Waals surface area contributed by atoms with E-state index in [1.807, 2.05) is 6.07 Å². The van der Waals surface area contributed by atoms with Gasteiger partial charge in [0.15, 0.2) is 0 Å². The van der Waals surface area contributed by atoms with Crippen LogP contribution < -0.4 is 5.73 Å². The van der Waals surface area contributed by atoms with Gasteiger partial charge in [0, 0.05) is 44.5 Å². The molecule has 0 aliphatic rings. The molecule has 0 saturated carbocycles. The molecule has 0 aliphatic carbocycles. The molecule has 0 fully saturated rings. The molecule has 0 aromatic heterocycles. The van der Waals surface area contributed by atoms with Gasteiger partial charge in [-0.15, -0.1) is 0 Å². The Morgan fingerprint density at radius 2 is 1.47 bits per heavy atom. The summed E-state index contributed by atoms with van der Waals surface area (Å²) in [6.07, 6.45) is 0.953. The van der Waals surface area contributed by atoms with Crippen molar-refractivity contribution in [3.63, 3.8) is 0 Å². The molecule has 2 N–H and O–H groups in total. The van der Waals surface area contributed by atoms with Crippen molar-refractivity contribution < 1.29 is 44.5 Å². The number of benzene rings is 2. The lowest BCUT2D eigenvalue weighted by atomic mass is 10.0. The first-order valence-electron chi connectivity index (χ1n) is 20.2. The van der Waals surface area contributed by atoms with E-state index in [-0.39, 0.29) is 0 Å². The first-order chi connectivity index (χ1) is 22.4. The second kappa shape index (κ2) is 4.76. The van der Waals surface area contributed by atoms with Crippen LogP contribution in [0.15, 0.2) is 54.6 Å². The fraction of sp³-hybridized carbons (Fsp3) is 0.143. The zero-order valence-electron chi connectivity index (χ0n) is 38.7. The van der Waals surface area contributed by atoms with Gasteiger partial charge in [-0.25, -0.2) is 0 Å². The van der Waals surface area contributed by atoms with Crippen molar-refractivity contribution in [2.75, 3.05) is 6.54 Å². The summed E-state index contributed by atoms with van der Waals surface area (Å²) in [7, 11) is 0. The molecule has 0 amide bonds. The number of hydrogen-bond acceptors (Lipinski definition) is 1. The Morgan fingerprint density at radius 1 is 0.867 bits per heavy atom. The second-order valence-corrected chi connectivity index (χ2v) is 3.60. The normalized spacial score (nSPS) is 18.2. The maximum atomic E-state index is 5.51. The van der Waals surface area contributed by atoms with Crippen LogP contribution in [0.5, 0.6) is 0 Å². The van der Waals surface area contributed by atoms with Crippen LogP contribution in [0.1, 0.15) is 50.1 Å². The Morgan fingerprint density at radius 3 is 2.07 bits per heavy atom. The molecule has 0 spiro atoms. The van der Waals surface area contributed by atoms with Gasteiger partial charge in [-0.2, -0.15) is 0 Å². The van der Waals surface area contributed by atoms with Crippen LogP contribution >= 0.6 is 0 Å². The predicted octanol–water partition coefficient (Wildman–Crippen LogP) is 6.54. The van der Waals surface area contributed by atoms with E-state index in [2.05, 4.69) is 48.5 Å². The maximum absolute atomic E-state index is 5.51. The van der Waals surface area contributed by atoms with E-state index in [1.165, 1.54) is 16.7 Å². The van der Waals surface area contributed by atoms with Crippen LogP contribution in [0.4, 0.5) is 0 Å². The molecule has 0 unspecified atom stereocenters. The van der Waals surface area contributed by atoms with Crippen molar-refractivity contribution in [1.29, 1.82) is 0 Å². The molecule has 2 aromatic rings. The summed E-state index contributed by atoms with van der Waals surface area (Å²) in [5.74, 6) is 0. The Labute approximate surface area is 137 Å². The van der Waals surface area contributed by atoms with Gasteiger partial charge < -0.3 is 5.73 Å². The third-order valence-corrected chi connectivity index (χ3v) is 2.49. The molecule has 106 valence electrons. The third kappa shape index (κ3) is 2.45. The molecule has 2 rings (SSSR count). The highest BCUT2D eigenvalue weighted by Crippen LogP contribution is 2.19. The summed E-state index contributed by atoms with van der Waals surface area (Å²) < 4.78 is 150. The van der Waals surface area contributed by atoms with Crippen molar-refractivity contribution in [2.24, 2.45) is 5.73 Å². The zero-order valence-corrected chi connectivity index (χ0v) is 8.69. The summed E-state index contributed by atoms with van der Waals surface area (Å²) in [5, 5.41) is 0. The molecular weight excluding hydrogens is 182 g/mol. The van der Waals surface area contributed by atoms with Crippen molar-refractivity contribution in [3.05, 3.63) is 60.2 Å². The number of nitrogens with two attached hydrogens (primary N) is 1. The lowest BCUT2D eigenvalue weighted by Crippen LogP contribution is -2.02. The highest BCUT2D eigenvalue weighted by atomic mass is 14.5. The van der Waals surface area contributed by atoms with Crippen LogP contribution in [0.25, 0.3) is 11.1 Å². The van der Waals surface area contributed by atoms with Crippen LogP contribution in [-0.2, 0) is 6.42 Å². The van der Waals surface area contributed by atoms with E-state index in [0.717, 1.165) is 6.42 Å². The van der Waals surface area contributed by atoms with Crippen molar-refractivity contribution >= 4 is 0 Å². The van der Waals surface area contributed by atoms with Crippen LogP contribution in [0.2, 0.25) is 0 Å². The van der Waals surface area contributed by atoms with Crippen molar-refractivity contribution in [1.82, 2.24) is 0 Å². The molecular formula is C14H45N. The highest BCUT2D eigenvalue weighted by Gasteiger charge is 1.96. The minimum atomic E-state index is 0.713. The van der Waals surface area contributed by atoms with Gasteiger partial charge in [-0.1, -0.05) is 54.6 Å². The van der Waals surface area contributed by atoms with E-state index < -0.39 is 0 Å². The minimum Gasteiger partial charge on any atom is -0.330 e. The van der Waals surface area contributed by atoms with E-state index in [1.54, 1.807) is 0 Å². The summed E-state index contributed by atoms with van der Waals surface area (Å²) >= 11 is 0. The predicted molar refractivity (Wildman–Crippen MR) is 96.3 cm³/mol. The quantitative estimate of drug-likeness (QED) is 0.663. The topological polar surface area (TPSA) is 26.0 Å². The molecule has 0 saturated heterocycles. The molecule has 0 aliphatic heterocycles. The van der Waals surface area contributed by atoms with Crippen LogP contribution in [-0.4, -0.2) is 6.54 Å². The lowest BCUT2D eigenvalue weighted by Gasteiger charge is -2.03. The fourth-order valence-corrected chi connectivity index (χ4v) is 1.66. The van der Waals surface area contributed by atoms with Gasteiger partial charge in [-0.3, -0.25) is 0 Å². The van der Waals surface area contributed by atoms with Crippen LogP contribution in [0.3, 0.4) is 0 Å². The molecule has 2 aromatic carbocycles. The average molecular weight is 258 g/mol. The molecule has 0 heterocycles. The summed E-state index contributed by atoms with van der Waals surface area (Å²) in [6, 6.07) is 19.0. The van der Waals surface area contributed by atoms with Crippen molar-refractivity contribution in [2.45, 2.75) is 6.42 Å². The van der Waals surface area contributed by atoms with Crippen LogP contribution in [0, 0.1) is 0 Å². The van der Waals surface area contributed by atoms with Gasteiger partial charge in [0.25, 0.3) is 0 Å². The highest BCUT2D eigenvalue weighted by molar-refractivity contribution is 5.63. The second-order valence-electron chi connectivity index (χ2n) is 3.60. The van der Waals surface area contributed by atoms with Gasteiger partial charge >= 0.3 is 0 Å². The van der Waals surface area contributed by atoms with Gasteiger partial charge in [0.1, 0.15) is 0 Å². The largest absolute Gasteiger partial charge is 0.330 e. The summed E-state index contributed by atoms with van der Waals surface area (Å²) in [4.78, 5) is 0. The molecule has 15 heavy (non-hydrogen) atoms. The first-order valence-corrected chi connectivity index (χ1v) is 5.24. The standard InChI is InChI=1S/C14H15N.15H2/c15-11-10-12-6-8-14(9-7-12)13-4-2-1-3-5-13;;;;;;;;;;;;;;;/h1-9H,10-11,15H2;15*1H/i;15*1+1D. The monoisotopic (exact) mass is 258 g/mol. The van der Waals surface area contributed by atoms with Gasteiger partial charge in [0.2, 0.25) is 0 Å². The third-order valence-electron chi connectivity index (χ3n) is 2.49. The zero-order chi connectivity index (χ0) is 40.5. The molecule has 0 atom stereocenters. The first kappa shape index (κ1) is 2.38. The van der Waals surface area contributed by atoms with E-state index in [0.29, 0.717) is 6.54 Å². The van der Waals surface area contributed by atoms with Gasteiger partial charge in [0.05, 0.1) is 0 Å². The van der Waals surface area contributed by atoms with E-state index >= 15 is 0 Å². The molecule has 0 radical (unpaired) electrons. The Balaban J connectivity index is -0.0000000228. The SMILES string of the molecule is NCCc1ccc(-c2ccccc2)cc1.[2H][2H].[2H][2H].[2H][2H].[2H][2H].[2H][2H].[2H][2H].[2H][2H].[2H][2H].[2H][2H].[2H][2H].[2H][2H].[2H][2H].[2H][2H].[2H][2H].[2H][2H]. The molecule has 1 nitrogen and oxygen atoms in total. The summed E-state index contributed by atoms with van der Waals surface area (Å²) in [5.41, 5.74) is 9.33. The maximum Gasteiger partial charge on any atom is 0 e. The van der Waals surface area contributed by atoms with Gasteiger partial charge in [-0.05, 0) is 29.7 Å². The number of hydrogen-bond donors (Lipinski definition) is 1. The molecule has 1 heteroatoms. The summed E-state index contributed by atoms with van der Waals surface area (Å²) in [6.45, 7) is 0.713. The Hall–Kier alpha value is -1.60. The minimum absolute atomic E-state index is 0.713. The van der Waals surface area contributed by atoms with E-state index in [4.69, 9.17) is 50.3 Å².